The molecule has 2 N–H and O–H groups in total. The van der Waals surface area contributed by atoms with E-state index in [1.54, 1.807) is 10.6 Å². The van der Waals surface area contributed by atoms with Crippen molar-refractivity contribution in [2.45, 2.75) is 26.0 Å². The molecule has 142 valence electrons. The van der Waals surface area contributed by atoms with Crippen LogP contribution in [0.4, 0.5) is 15.9 Å². The van der Waals surface area contributed by atoms with Gasteiger partial charge in [0, 0.05) is 25.0 Å². The molecule has 27 heavy (non-hydrogen) atoms. The molecule has 1 aliphatic heterocycles. The van der Waals surface area contributed by atoms with E-state index in [1.807, 2.05) is 12.3 Å². The van der Waals surface area contributed by atoms with Crippen molar-refractivity contribution in [3.05, 3.63) is 53.2 Å². The van der Waals surface area contributed by atoms with E-state index in [-0.39, 0.29) is 11.1 Å². The van der Waals surface area contributed by atoms with Crippen molar-refractivity contribution in [2.75, 3.05) is 18.4 Å². The molecule has 2 atom stereocenters. The Kier molecular flexibility index (Phi) is 4.99. The summed E-state index contributed by atoms with van der Waals surface area (Å²) in [7, 11) is 0. The number of rotatable bonds is 4. The molecule has 1 aromatic carbocycles. The number of aliphatic hydroxyl groups excluding tert-OH is 1. The van der Waals surface area contributed by atoms with Crippen molar-refractivity contribution in [1.82, 2.24) is 19.5 Å². The number of hydrogen-bond acceptors (Lipinski definition) is 5. The van der Waals surface area contributed by atoms with Crippen LogP contribution >= 0.6 is 11.6 Å². The van der Waals surface area contributed by atoms with E-state index >= 15 is 0 Å². The van der Waals surface area contributed by atoms with E-state index in [4.69, 9.17) is 11.6 Å². The van der Waals surface area contributed by atoms with Gasteiger partial charge in [-0.1, -0.05) is 18.5 Å². The first kappa shape index (κ1) is 18.2. The molecule has 0 bridgehead atoms. The Balaban J connectivity index is 1.62. The summed E-state index contributed by atoms with van der Waals surface area (Å²) in [5.74, 6) is 0.491. The number of nitrogens with one attached hydrogen (secondary N) is 1. The highest BCUT2D eigenvalue weighted by Gasteiger charge is 2.25. The van der Waals surface area contributed by atoms with Crippen LogP contribution < -0.4 is 5.32 Å². The number of nitrogens with zero attached hydrogens (tertiary/aromatic N) is 4. The smallest absolute Gasteiger partial charge is 0.158 e. The lowest BCUT2D eigenvalue weighted by molar-refractivity contribution is 0.0261. The van der Waals surface area contributed by atoms with Gasteiger partial charge in [0.05, 0.1) is 11.1 Å². The molecule has 3 aromatic rings. The third-order valence-corrected chi connectivity index (χ3v) is 5.41. The Labute approximate surface area is 161 Å². The Bertz CT molecular complexity index is 962. The molecule has 8 heteroatoms. The van der Waals surface area contributed by atoms with E-state index in [0.29, 0.717) is 30.5 Å². The average molecular weight is 390 g/mol. The third-order valence-electron chi connectivity index (χ3n) is 5.12. The minimum absolute atomic E-state index is 0.0529. The highest BCUT2D eigenvalue weighted by atomic mass is 35.5. The molecule has 1 saturated heterocycles. The van der Waals surface area contributed by atoms with Crippen LogP contribution in [0, 0.1) is 11.7 Å². The van der Waals surface area contributed by atoms with Crippen LogP contribution in [0.15, 0.2) is 36.8 Å². The molecule has 0 aliphatic carbocycles. The highest BCUT2D eigenvalue weighted by Crippen LogP contribution is 2.27. The van der Waals surface area contributed by atoms with Gasteiger partial charge in [-0.05, 0) is 48.7 Å². The lowest BCUT2D eigenvalue weighted by Gasteiger charge is -2.34. The predicted octanol–water partition coefficient (Wildman–Crippen LogP) is 3.47. The summed E-state index contributed by atoms with van der Waals surface area (Å²) in [5, 5.41) is 17.7. The van der Waals surface area contributed by atoms with Gasteiger partial charge in [-0.15, -0.1) is 0 Å². The number of anilines is 2. The van der Waals surface area contributed by atoms with E-state index < -0.39 is 5.82 Å². The minimum atomic E-state index is -0.462. The zero-order valence-corrected chi connectivity index (χ0v) is 15.7. The Morgan fingerprint density at radius 2 is 2.22 bits per heavy atom. The molecule has 0 radical (unpaired) electrons. The summed E-state index contributed by atoms with van der Waals surface area (Å²) >= 11 is 5.88. The Morgan fingerprint density at radius 3 is 3.00 bits per heavy atom. The third kappa shape index (κ3) is 3.76. The Morgan fingerprint density at radius 1 is 1.37 bits per heavy atom. The highest BCUT2D eigenvalue weighted by molar-refractivity contribution is 6.31. The van der Waals surface area contributed by atoms with E-state index in [0.717, 1.165) is 24.0 Å². The molecule has 0 unspecified atom stereocenters. The summed E-state index contributed by atoms with van der Waals surface area (Å²) in [6.45, 7) is 4.38. The molecule has 0 saturated carbocycles. The molecule has 6 nitrogen and oxygen atoms in total. The number of aliphatic hydroxyl groups is 1. The van der Waals surface area contributed by atoms with Crippen LogP contribution in [0.2, 0.25) is 5.02 Å². The number of halogens is 2. The largest absolute Gasteiger partial charge is 0.392 e. The van der Waals surface area contributed by atoms with Gasteiger partial charge in [-0.2, -0.15) is 5.10 Å². The number of hydrogen-bond donors (Lipinski definition) is 2. The lowest BCUT2D eigenvalue weighted by Crippen LogP contribution is -2.42. The second-order valence-corrected chi connectivity index (χ2v) is 7.47. The SMILES string of the molecule is C[C@@H]1CCN(Cc2ccn3ncnc(Nc4ccc(F)c(Cl)c4)c23)C[C@H]1O. The molecule has 1 fully saturated rings. The van der Waals surface area contributed by atoms with Crippen LogP contribution in [0.5, 0.6) is 0 Å². The van der Waals surface area contributed by atoms with Crippen molar-refractivity contribution in [1.29, 1.82) is 0 Å². The molecular formula is C19H21ClFN5O. The van der Waals surface area contributed by atoms with Crippen molar-refractivity contribution in [2.24, 2.45) is 5.92 Å². The normalized spacial score (nSPS) is 20.9. The summed E-state index contributed by atoms with van der Waals surface area (Å²) in [5.41, 5.74) is 2.57. The maximum atomic E-state index is 13.4. The van der Waals surface area contributed by atoms with Crippen molar-refractivity contribution in [3.8, 4) is 0 Å². The second kappa shape index (κ2) is 7.42. The van der Waals surface area contributed by atoms with E-state index in [1.165, 1.54) is 18.5 Å². The summed E-state index contributed by atoms with van der Waals surface area (Å²) in [6, 6.07) is 6.47. The second-order valence-electron chi connectivity index (χ2n) is 7.07. The number of β-amino-alcohol motifs (C(OH)–C–C–N with tert-alkyl or cyclic N) is 1. The van der Waals surface area contributed by atoms with Gasteiger partial charge >= 0.3 is 0 Å². The van der Waals surface area contributed by atoms with Crippen molar-refractivity contribution < 1.29 is 9.50 Å². The molecule has 1 aliphatic rings. The van der Waals surface area contributed by atoms with Crippen molar-refractivity contribution >= 4 is 28.6 Å². The number of likely N-dealkylation sites (tertiary alicyclic amines) is 1. The first-order valence-electron chi connectivity index (χ1n) is 8.95. The molecule has 0 spiro atoms. The summed E-state index contributed by atoms with van der Waals surface area (Å²) in [6.07, 6.45) is 4.03. The van der Waals surface area contributed by atoms with Gasteiger partial charge in [-0.3, -0.25) is 4.90 Å². The molecule has 3 heterocycles. The van der Waals surface area contributed by atoms with Crippen LogP contribution in [-0.4, -0.2) is 43.8 Å². The summed E-state index contributed by atoms with van der Waals surface area (Å²) in [4.78, 5) is 6.60. The van der Waals surface area contributed by atoms with Gasteiger partial charge in [0.2, 0.25) is 0 Å². The maximum Gasteiger partial charge on any atom is 0.158 e. The van der Waals surface area contributed by atoms with Crippen LogP contribution in [-0.2, 0) is 6.54 Å². The average Bonchev–Trinajstić information content (AvgIpc) is 3.05. The van der Waals surface area contributed by atoms with E-state index in [9.17, 15) is 9.50 Å². The van der Waals surface area contributed by atoms with Crippen LogP contribution in [0.3, 0.4) is 0 Å². The zero-order valence-electron chi connectivity index (χ0n) is 14.9. The lowest BCUT2D eigenvalue weighted by atomic mass is 9.96. The van der Waals surface area contributed by atoms with Gasteiger partial charge in [-0.25, -0.2) is 13.9 Å². The van der Waals surface area contributed by atoms with E-state index in [2.05, 4.69) is 27.2 Å². The van der Waals surface area contributed by atoms with Gasteiger partial charge in [0.15, 0.2) is 5.82 Å². The fraction of sp³-hybridized carbons (Fsp3) is 0.368. The van der Waals surface area contributed by atoms with Crippen LogP contribution in [0.25, 0.3) is 5.52 Å². The topological polar surface area (TPSA) is 65.7 Å². The van der Waals surface area contributed by atoms with Gasteiger partial charge < -0.3 is 10.4 Å². The minimum Gasteiger partial charge on any atom is -0.392 e. The number of fused-ring (bicyclic) bond motifs is 1. The Hall–Kier alpha value is -2.22. The number of piperidine rings is 1. The van der Waals surface area contributed by atoms with Crippen molar-refractivity contribution in [3.63, 3.8) is 0 Å². The number of aromatic nitrogens is 3. The predicted molar refractivity (Wildman–Crippen MR) is 103 cm³/mol. The quantitative estimate of drug-likeness (QED) is 0.715. The van der Waals surface area contributed by atoms with Gasteiger partial charge in [0.1, 0.15) is 17.7 Å². The molecule has 0 amide bonds. The number of benzene rings is 1. The maximum absolute atomic E-state index is 13.4. The standard InChI is InChI=1S/C19H21ClFN5O/c1-12-4-6-25(10-17(12)27)9-13-5-7-26-18(13)19(22-11-23-26)24-14-2-3-16(21)15(20)8-14/h2-3,5,7-8,11-12,17,27H,4,6,9-10H2,1H3,(H,22,23,24)/t12-,17-/m1/s1. The first-order chi connectivity index (χ1) is 13.0. The van der Waals surface area contributed by atoms with Gasteiger partial charge in [0.25, 0.3) is 0 Å². The fourth-order valence-electron chi connectivity index (χ4n) is 3.45. The molecular weight excluding hydrogens is 369 g/mol. The molecule has 4 rings (SSSR count). The monoisotopic (exact) mass is 389 g/mol. The fourth-order valence-corrected chi connectivity index (χ4v) is 3.63. The zero-order chi connectivity index (χ0) is 19.0. The molecule has 2 aromatic heterocycles. The first-order valence-corrected chi connectivity index (χ1v) is 9.33. The van der Waals surface area contributed by atoms with Crippen LogP contribution in [0.1, 0.15) is 18.9 Å². The summed E-state index contributed by atoms with van der Waals surface area (Å²) < 4.78 is 15.2.